The average Bonchev–Trinajstić information content (AvgIpc) is 2.50. The van der Waals surface area contributed by atoms with Crippen LogP contribution in [0.5, 0.6) is 0 Å². The van der Waals surface area contributed by atoms with Gasteiger partial charge in [0.15, 0.2) is 0 Å². The summed E-state index contributed by atoms with van der Waals surface area (Å²) in [6.07, 6.45) is 2.30. The molecule has 7 heteroatoms. The Morgan fingerprint density at radius 3 is 2.45 bits per heavy atom. The van der Waals surface area contributed by atoms with Crippen molar-refractivity contribution in [2.24, 2.45) is 0 Å². The van der Waals surface area contributed by atoms with Crippen LogP contribution in [0, 0.1) is 0 Å². The van der Waals surface area contributed by atoms with Gasteiger partial charge in [0.25, 0.3) is 0 Å². The molecule has 0 aliphatic rings. The van der Waals surface area contributed by atoms with E-state index in [-0.39, 0.29) is 0 Å². The van der Waals surface area contributed by atoms with Crippen LogP contribution in [0.15, 0.2) is 30.6 Å². The van der Waals surface area contributed by atoms with Gasteiger partial charge >= 0.3 is 0 Å². The molecular formula is C15H18Cl2N4O. The number of rotatable bonds is 8. The number of hydrogen-bond acceptors (Lipinski definition) is 5. The molecule has 0 spiro atoms. The van der Waals surface area contributed by atoms with E-state index in [1.54, 1.807) is 13.2 Å². The first-order valence-electron chi connectivity index (χ1n) is 6.91. The fourth-order valence-electron chi connectivity index (χ4n) is 1.88. The smallest absolute Gasteiger partial charge is 0.131 e. The topological polar surface area (TPSA) is 59.1 Å². The van der Waals surface area contributed by atoms with Crippen LogP contribution in [0.2, 0.25) is 10.0 Å². The van der Waals surface area contributed by atoms with E-state index in [9.17, 15) is 0 Å². The minimum absolute atomic E-state index is 0.627. The maximum absolute atomic E-state index is 6.15. The third kappa shape index (κ3) is 5.33. The van der Waals surface area contributed by atoms with E-state index in [0.29, 0.717) is 23.2 Å². The number of anilines is 2. The van der Waals surface area contributed by atoms with Gasteiger partial charge in [-0.05, 0) is 24.1 Å². The Morgan fingerprint density at radius 2 is 1.77 bits per heavy atom. The van der Waals surface area contributed by atoms with Crippen LogP contribution in [0.3, 0.4) is 0 Å². The molecule has 0 radical (unpaired) electrons. The molecule has 0 aliphatic heterocycles. The van der Waals surface area contributed by atoms with Gasteiger partial charge in [0.05, 0.1) is 6.61 Å². The van der Waals surface area contributed by atoms with Crippen LogP contribution in [0.1, 0.15) is 5.56 Å². The molecule has 1 aromatic heterocycles. The largest absolute Gasteiger partial charge is 0.383 e. The van der Waals surface area contributed by atoms with Crippen molar-refractivity contribution < 1.29 is 4.74 Å². The van der Waals surface area contributed by atoms with E-state index in [0.717, 1.165) is 30.2 Å². The van der Waals surface area contributed by atoms with Gasteiger partial charge in [-0.1, -0.05) is 29.3 Å². The zero-order valence-corrected chi connectivity index (χ0v) is 13.8. The molecule has 0 bridgehead atoms. The second-order valence-electron chi connectivity index (χ2n) is 4.62. The lowest BCUT2D eigenvalue weighted by Crippen LogP contribution is -2.11. The molecule has 2 N–H and O–H groups in total. The Labute approximate surface area is 140 Å². The van der Waals surface area contributed by atoms with Crippen molar-refractivity contribution in [1.29, 1.82) is 0 Å². The number of aromatic nitrogens is 2. The predicted molar refractivity (Wildman–Crippen MR) is 91.1 cm³/mol. The number of nitrogens with one attached hydrogen (secondary N) is 2. The molecule has 0 fully saturated rings. The Hall–Kier alpha value is -1.56. The van der Waals surface area contributed by atoms with Gasteiger partial charge in [0.2, 0.25) is 0 Å². The lowest BCUT2D eigenvalue weighted by Gasteiger charge is -2.09. The molecule has 5 nitrogen and oxygen atoms in total. The standard InChI is InChI=1S/C15H18Cl2N4O/c1-22-7-6-19-15-9-14(20-10-21-15)18-5-4-11-2-3-12(16)8-13(11)17/h2-3,8-10H,4-7H2,1H3,(H2,18,19,20,21). The molecule has 2 rings (SSSR count). The molecule has 2 aromatic rings. The summed E-state index contributed by atoms with van der Waals surface area (Å²) in [5.41, 5.74) is 1.05. The van der Waals surface area contributed by atoms with E-state index < -0.39 is 0 Å². The van der Waals surface area contributed by atoms with E-state index in [1.165, 1.54) is 6.33 Å². The van der Waals surface area contributed by atoms with Crippen molar-refractivity contribution in [3.05, 3.63) is 46.2 Å². The summed E-state index contributed by atoms with van der Waals surface area (Å²) in [4.78, 5) is 8.34. The summed E-state index contributed by atoms with van der Waals surface area (Å²) in [5.74, 6) is 1.53. The van der Waals surface area contributed by atoms with E-state index >= 15 is 0 Å². The number of halogens is 2. The summed E-state index contributed by atoms with van der Waals surface area (Å²) < 4.78 is 4.98. The highest BCUT2D eigenvalue weighted by Gasteiger charge is 2.02. The minimum Gasteiger partial charge on any atom is -0.383 e. The van der Waals surface area contributed by atoms with Crippen molar-refractivity contribution >= 4 is 34.8 Å². The summed E-state index contributed by atoms with van der Waals surface area (Å²) in [6, 6.07) is 7.38. The molecule has 1 heterocycles. The second kappa shape index (κ2) is 8.78. The minimum atomic E-state index is 0.627. The van der Waals surface area contributed by atoms with Gasteiger partial charge < -0.3 is 15.4 Å². The summed E-state index contributed by atoms with van der Waals surface area (Å²) >= 11 is 12.0. The van der Waals surface area contributed by atoms with Crippen LogP contribution in [0.4, 0.5) is 11.6 Å². The SMILES string of the molecule is COCCNc1cc(NCCc2ccc(Cl)cc2Cl)ncn1. The predicted octanol–water partition coefficient (Wildman–Crippen LogP) is 3.50. The quantitative estimate of drug-likeness (QED) is 0.720. The Bertz CT molecular complexity index is 610. The number of ether oxygens (including phenoxy) is 1. The Kier molecular flexibility index (Phi) is 6.71. The number of methoxy groups -OCH3 is 1. The van der Waals surface area contributed by atoms with Crippen molar-refractivity contribution in [3.63, 3.8) is 0 Å². The van der Waals surface area contributed by atoms with Crippen LogP contribution in [-0.2, 0) is 11.2 Å². The van der Waals surface area contributed by atoms with Gasteiger partial charge in [-0.3, -0.25) is 0 Å². The number of hydrogen-bond donors (Lipinski definition) is 2. The lowest BCUT2D eigenvalue weighted by atomic mass is 10.1. The summed E-state index contributed by atoms with van der Waals surface area (Å²) in [7, 11) is 1.66. The Morgan fingerprint density at radius 1 is 1.05 bits per heavy atom. The van der Waals surface area contributed by atoms with Crippen LogP contribution in [-0.4, -0.2) is 36.8 Å². The molecule has 0 unspecified atom stereocenters. The highest BCUT2D eigenvalue weighted by molar-refractivity contribution is 6.35. The first-order valence-corrected chi connectivity index (χ1v) is 7.67. The van der Waals surface area contributed by atoms with Crippen molar-refractivity contribution in [2.45, 2.75) is 6.42 Å². The van der Waals surface area contributed by atoms with Gasteiger partial charge in [-0.2, -0.15) is 0 Å². The lowest BCUT2D eigenvalue weighted by molar-refractivity contribution is 0.210. The first-order chi connectivity index (χ1) is 10.7. The van der Waals surface area contributed by atoms with E-state index in [2.05, 4.69) is 20.6 Å². The fourth-order valence-corrected chi connectivity index (χ4v) is 2.38. The zero-order chi connectivity index (χ0) is 15.8. The maximum Gasteiger partial charge on any atom is 0.131 e. The monoisotopic (exact) mass is 340 g/mol. The average molecular weight is 341 g/mol. The van der Waals surface area contributed by atoms with Gasteiger partial charge in [-0.25, -0.2) is 9.97 Å². The van der Waals surface area contributed by atoms with E-state index in [4.69, 9.17) is 27.9 Å². The van der Waals surface area contributed by atoms with Crippen molar-refractivity contribution in [1.82, 2.24) is 9.97 Å². The third-order valence-electron chi connectivity index (χ3n) is 2.99. The fraction of sp³-hybridized carbons (Fsp3) is 0.333. The highest BCUT2D eigenvalue weighted by atomic mass is 35.5. The molecule has 0 saturated heterocycles. The summed E-state index contributed by atoms with van der Waals surface area (Å²) in [6.45, 7) is 2.05. The van der Waals surface area contributed by atoms with Crippen LogP contribution in [0.25, 0.3) is 0 Å². The molecule has 0 saturated carbocycles. The molecule has 1 aromatic carbocycles. The molecule has 22 heavy (non-hydrogen) atoms. The van der Waals surface area contributed by atoms with Gasteiger partial charge in [-0.15, -0.1) is 0 Å². The molecular weight excluding hydrogens is 323 g/mol. The van der Waals surface area contributed by atoms with Crippen LogP contribution >= 0.6 is 23.2 Å². The highest BCUT2D eigenvalue weighted by Crippen LogP contribution is 2.21. The zero-order valence-electron chi connectivity index (χ0n) is 12.3. The molecule has 118 valence electrons. The number of benzene rings is 1. The van der Waals surface area contributed by atoms with Crippen molar-refractivity contribution in [2.75, 3.05) is 37.4 Å². The van der Waals surface area contributed by atoms with Gasteiger partial charge in [0, 0.05) is 36.3 Å². The normalized spacial score (nSPS) is 10.5. The third-order valence-corrected chi connectivity index (χ3v) is 3.58. The second-order valence-corrected chi connectivity index (χ2v) is 5.46. The van der Waals surface area contributed by atoms with Crippen molar-refractivity contribution in [3.8, 4) is 0 Å². The molecule has 0 amide bonds. The maximum atomic E-state index is 6.15. The van der Waals surface area contributed by atoms with Crippen LogP contribution < -0.4 is 10.6 Å². The number of nitrogens with zero attached hydrogens (tertiary/aromatic N) is 2. The first kappa shape index (κ1) is 16.8. The summed E-state index contributed by atoms with van der Waals surface area (Å²) in [5, 5.41) is 7.73. The van der Waals surface area contributed by atoms with E-state index in [1.807, 2.05) is 18.2 Å². The Balaban J connectivity index is 1.84. The molecule has 0 atom stereocenters. The molecule has 0 aliphatic carbocycles. The van der Waals surface area contributed by atoms with Gasteiger partial charge in [0.1, 0.15) is 18.0 Å².